The van der Waals surface area contributed by atoms with E-state index in [1.54, 1.807) is 32.0 Å². The normalized spacial score (nSPS) is 11.1. The minimum atomic E-state index is -1.13. The van der Waals surface area contributed by atoms with Gasteiger partial charge in [-0.2, -0.15) is 5.10 Å². The second-order valence-corrected chi connectivity index (χ2v) is 9.63. The topological polar surface area (TPSA) is 112 Å². The number of aromatic carboxylic acids is 1. The molecule has 0 unspecified atom stereocenters. The first-order valence-electron chi connectivity index (χ1n) is 10.3. The maximum Gasteiger partial charge on any atom is 0.412 e. The van der Waals surface area contributed by atoms with Gasteiger partial charge in [-0.15, -0.1) is 11.3 Å². The fourth-order valence-electron chi connectivity index (χ4n) is 2.94. The minimum absolute atomic E-state index is 0.0231. The summed E-state index contributed by atoms with van der Waals surface area (Å²) in [6.07, 6.45) is -0.613. The summed E-state index contributed by atoms with van der Waals surface area (Å²) in [7, 11) is 0. The summed E-state index contributed by atoms with van der Waals surface area (Å²) in [4.78, 5) is 23.9. The molecule has 0 bridgehead atoms. The molecule has 188 valence electrons. The molecule has 13 heteroatoms. The fourth-order valence-corrected chi connectivity index (χ4v) is 4.62. The van der Waals surface area contributed by atoms with Gasteiger partial charge in [0.1, 0.15) is 0 Å². The van der Waals surface area contributed by atoms with E-state index in [1.165, 1.54) is 29.5 Å². The van der Waals surface area contributed by atoms with Gasteiger partial charge in [-0.05, 0) is 62.0 Å². The Kier molecular flexibility index (Phi) is 9.52. The number of carbonyl (C=O) groups is 2. The lowest BCUT2D eigenvalue weighted by molar-refractivity contribution is 0.0697. The van der Waals surface area contributed by atoms with Gasteiger partial charge in [0.2, 0.25) is 0 Å². The Morgan fingerprint density at radius 2 is 1.86 bits per heavy atom. The van der Waals surface area contributed by atoms with E-state index in [0.717, 1.165) is 0 Å². The second-order valence-electron chi connectivity index (χ2n) is 7.12. The zero-order valence-electron chi connectivity index (χ0n) is 18.8. The first-order chi connectivity index (χ1) is 17.1. The van der Waals surface area contributed by atoms with Crippen LogP contribution in [0.1, 0.15) is 29.1 Å². The van der Waals surface area contributed by atoms with E-state index in [-0.39, 0.29) is 15.7 Å². The first-order valence-corrected chi connectivity index (χ1v) is 12.7. The summed E-state index contributed by atoms with van der Waals surface area (Å²) < 4.78 is 5.61. The van der Waals surface area contributed by atoms with E-state index < -0.39 is 12.1 Å². The fraction of sp³-hybridized carbons (Fsp3) is 0.130. The predicted octanol–water partition coefficient (Wildman–Crippen LogP) is 6.89. The Labute approximate surface area is 231 Å². The van der Waals surface area contributed by atoms with Crippen LogP contribution < -0.4 is 20.8 Å². The predicted molar refractivity (Wildman–Crippen MR) is 149 cm³/mol. The molecule has 0 aliphatic heterocycles. The van der Waals surface area contributed by atoms with Crippen molar-refractivity contribution in [2.24, 2.45) is 5.10 Å². The number of amides is 1. The van der Waals surface area contributed by atoms with Crippen molar-refractivity contribution < 1.29 is 19.4 Å². The molecule has 36 heavy (non-hydrogen) atoms. The van der Waals surface area contributed by atoms with Crippen LogP contribution in [-0.4, -0.2) is 34.5 Å². The van der Waals surface area contributed by atoms with Crippen molar-refractivity contribution in [3.63, 3.8) is 0 Å². The largest absolute Gasteiger partial charge is 0.478 e. The highest BCUT2D eigenvalue weighted by molar-refractivity contribution is 7.80. The number of rotatable bonds is 7. The molecule has 1 amide bonds. The molecule has 2 aromatic carbocycles. The highest BCUT2D eigenvalue weighted by Crippen LogP contribution is 2.40. The van der Waals surface area contributed by atoms with Crippen molar-refractivity contribution in [3.05, 3.63) is 67.3 Å². The Balaban J connectivity index is 1.84. The number of thiocarbonyl (C=S) groups is 1. The second kappa shape index (κ2) is 12.4. The molecular formula is C23H19Cl3N4O4S2. The summed E-state index contributed by atoms with van der Waals surface area (Å²) in [5.74, 6) is -0.823. The zero-order valence-corrected chi connectivity index (χ0v) is 22.7. The Bertz CT molecular complexity index is 1360. The van der Waals surface area contributed by atoms with E-state index in [0.29, 0.717) is 49.7 Å². The molecule has 0 aliphatic carbocycles. The number of carboxylic acids is 1. The number of nitrogens with zero attached hydrogens (tertiary/aromatic N) is 1. The molecule has 0 aliphatic rings. The van der Waals surface area contributed by atoms with E-state index in [1.807, 2.05) is 5.38 Å². The molecule has 3 aromatic rings. The van der Waals surface area contributed by atoms with Crippen molar-refractivity contribution >= 4 is 86.9 Å². The zero-order chi connectivity index (χ0) is 26.4. The third-order valence-corrected chi connectivity index (χ3v) is 6.92. The number of carboxylic acid groups (broad SMARTS) is 1. The number of thiophene rings is 1. The van der Waals surface area contributed by atoms with E-state index in [9.17, 15) is 9.59 Å². The van der Waals surface area contributed by atoms with Crippen LogP contribution in [0.15, 0.2) is 46.9 Å². The average molecular weight is 586 g/mol. The number of ether oxygens (including phenoxy) is 1. The first kappa shape index (κ1) is 27.7. The quantitative estimate of drug-likeness (QED) is 0.136. The third kappa shape index (κ3) is 6.86. The number of halogens is 3. The van der Waals surface area contributed by atoms with E-state index >= 15 is 0 Å². The smallest absolute Gasteiger partial charge is 0.412 e. The lowest BCUT2D eigenvalue weighted by Crippen LogP contribution is -2.27. The monoisotopic (exact) mass is 584 g/mol. The van der Waals surface area contributed by atoms with E-state index in [4.69, 9.17) is 56.9 Å². The van der Waals surface area contributed by atoms with Gasteiger partial charge in [0.15, 0.2) is 10.9 Å². The van der Waals surface area contributed by atoms with Crippen molar-refractivity contribution in [1.82, 2.24) is 10.7 Å². The van der Waals surface area contributed by atoms with Gasteiger partial charge >= 0.3 is 12.1 Å². The molecule has 3 rings (SSSR count). The maximum absolute atomic E-state index is 12.2. The van der Waals surface area contributed by atoms with Crippen molar-refractivity contribution in [3.8, 4) is 16.9 Å². The standard InChI is InChI=1S/C23H19Cl3N4O4S2/c1-3-27-23(33)34-19-15(12-4-7-16(24)18(26)8-12)10-36-20(19)11(2)29-30-22(35)28-13-5-6-14(21(31)32)17(25)9-13/h4-10H,3H2,1-2H3,(H,27,33)(H,31,32)(H2,28,30,35)/b29-11+. The molecule has 0 saturated carbocycles. The van der Waals surface area contributed by atoms with Crippen LogP contribution in [0.4, 0.5) is 10.5 Å². The lowest BCUT2D eigenvalue weighted by Gasteiger charge is -2.11. The van der Waals surface area contributed by atoms with E-state index in [2.05, 4.69) is 21.2 Å². The van der Waals surface area contributed by atoms with Crippen LogP contribution in [0.2, 0.25) is 15.1 Å². The Hall–Kier alpha value is -2.89. The average Bonchev–Trinajstić information content (AvgIpc) is 3.22. The number of hydrogen-bond acceptors (Lipinski definition) is 6. The maximum atomic E-state index is 12.2. The van der Waals surface area contributed by atoms with Crippen LogP contribution in [0, 0.1) is 0 Å². The van der Waals surface area contributed by atoms with Gasteiger partial charge in [0.25, 0.3) is 0 Å². The summed E-state index contributed by atoms with van der Waals surface area (Å²) >= 11 is 24.8. The van der Waals surface area contributed by atoms with Crippen molar-refractivity contribution in [1.29, 1.82) is 0 Å². The minimum Gasteiger partial charge on any atom is -0.478 e. The molecule has 4 N–H and O–H groups in total. The number of benzene rings is 2. The van der Waals surface area contributed by atoms with Gasteiger partial charge in [-0.3, -0.25) is 5.43 Å². The highest BCUT2D eigenvalue weighted by atomic mass is 35.5. The van der Waals surface area contributed by atoms with Crippen LogP contribution >= 0.6 is 58.4 Å². The van der Waals surface area contributed by atoms with Crippen LogP contribution in [0.25, 0.3) is 11.1 Å². The lowest BCUT2D eigenvalue weighted by atomic mass is 10.1. The number of carbonyl (C=O) groups excluding carboxylic acids is 1. The van der Waals surface area contributed by atoms with Crippen LogP contribution in [-0.2, 0) is 0 Å². The van der Waals surface area contributed by atoms with Gasteiger partial charge in [0.05, 0.1) is 31.2 Å². The van der Waals surface area contributed by atoms with Gasteiger partial charge in [0, 0.05) is 23.2 Å². The summed E-state index contributed by atoms with van der Waals surface area (Å²) in [5, 5.41) is 21.7. The Morgan fingerprint density at radius 3 is 2.50 bits per heavy atom. The van der Waals surface area contributed by atoms with Crippen LogP contribution in [0.5, 0.6) is 5.75 Å². The van der Waals surface area contributed by atoms with Crippen molar-refractivity contribution in [2.75, 3.05) is 11.9 Å². The number of hydrogen-bond donors (Lipinski definition) is 4. The number of nitrogens with one attached hydrogen (secondary N) is 3. The van der Waals surface area contributed by atoms with Gasteiger partial charge < -0.3 is 20.5 Å². The van der Waals surface area contributed by atoms with Crippen molar-refractivity contribution in [2.45, 2.75) is 13.8 Å². The molecule has 0 fully saturated rings. The SMILES string of the molecule is CCNC(=O)Oc1c(-c2ccc(Cl)c(Cl)c2)csc1/C(C)=N/NC(=S)Nc1ccc(C(=O)O)c(Cl)c1. The highest BCUT2D eigenvalue weighted by Gasteiger charge is 2.21. The van der Waals surface area contributed by atoms with Crippen LogP contribution in [0.3, 0.4) is 0 Å². The molecule has 0 saturated heterocycles. The molecular weight excluding hydrogens is 567 g/mol. The molecule has 8 nitrogen and oxygen atoms in total. The summed E-state index contributed by atoms with van der Waals surface area (Å²) in [6.45, 7) is 3.90. The van der Waals surface area contributed by atoms with Gasteiger partial charge in [-0.25, -0.2) is 9.59 Å². The number of hydrazone groups is 1. The molecule has 1 heterocycles. The Morgan fingerprint density at radius 1 is 1.11 bits per heavy atom. The summed E-state index contributed by atoms with van der Waals surface area (Å²) in [5.41, 5.74) is 5.03. The molecule has 0 atom stereocenters. The molecule has 1 aromatic heterocycles. The van der Waals surface area contributed by atoms with Gasteiger partial charge in [-0.1, -0.05) is 40.9 Å². The summed E-state index contributed by atoms with van der Waals surface area (Å²) in [6, 6.07) is 9.46. The number of anilines is 1. The molecule has 0 spiro atoms. The molecule has 0 radical (unpaired) electrons. The third-order valence-electron chi connectivity index (χ3n) is 4.60.